The molecule has 0 aliphatic carbocycles. The number of hydrogen-bond donors (Lipinski definition) is 2. The topological polar surface area (TPSA) is 101 Å². The van der Waals surface area contributed by atoms with Crippen LogP contribution in [-0.4, -0.2) is 32.8 Å². The molecule has 0 saturated carbocycles. The third-order valence-electron chi connectivity index (χ3n) is 5.87. The molecule has 0 aliphatic rings. The number of carbonyl (C=O) groups is 2. The molecule has 2 aromatic heterocycles. The summed E-state index contributed by atoms with van der Waals surface area (Å²) in [5.74, 6) is -0.908. The van der Waals surface area contributed by atoms with Crippen molar-refractivity contribution in [2.45, 2.75) is 19.9 Å². The number of rotatable bonds is 8. The van der Waals surface area contributed by atoms with Gasteiger partial charge in [-0.25, -0.2) is 9.82 Å². The maximum absolute atomic E-state index is 13.3. The summed E-state index contributed by atoms with van der Waals surface area (Å²) in [6, 6.07) is 21.5. The molecule has 8 nitrogen and oxygen atoms in total. The number of anilines is 1. The molecule has 0 spiro atoms. The molecule has 10 heteroatoms. The molecule has 2 heterocycles. The van der Waals surface area contributed by atoms with E-state index in [-0.39, 0.29) is 24.1 Å². The summed E-state index contributed by atoms with van der Waals surface area (Å²) in [6.45, 7) is 2.43. The molecule has 5 aromatic rings. The largest absolute Gasteiger partial charge is 0.342 e. The van der Waals surface area contributed by atoms with Gasteiger partial charge in [0.2, 0.25) is 11.0 Å². The molecule has 0 unspecified atom stereocenters. The molecule has 0 radical (unpaired) electrons. The highest BCUT2D eigenvalue weighted by atomic mass is 32.1. The Bertz CT molecular complexity index is 1640. The van der Waals surface area contributed by atoms with Crippen LogP contribution < -0.4 is 10.7 Å². The van der Waals surface area contributed by atoms with E-state index in [1.165, 1.54) is 12.1 Å². The first-order chi connectivity index (χ1) is 18.5. The van der Waals surface area contributed by atoms with Gasteiger partial charge >= 0.3 is 0 Å². The van der Waals surface area contributed by atoms with Gasteiger partial charge in [-0.1, -0.05) is 59.9 Å². The Balaban J connectivity index is 1.21. The number of nitrogens with one attached hydrogen (secondary N) is 2. The van der Waals surface area contributed by atoms with Crippen LogP contribution >= 0.6 is 11.3 Å². The average Bonchev–Trinajstić information content (AvgIpc) is 3.49. The number of fused-ring (bicyclic) bond motifs is 1. The minimum atomic E-state index is -0.357. The number of hydrazone groups is 1. The second-order valence-corrected chi connectivity index (χ2v) is 9.66. The lowest BCUT2D eigenvalue weighted by Crippen LogP contribution is -2.19. The van der Waals surface area contributed by atoms with E-state index in [9.17, 15) is 14.0 Å². The number of nitrogens with zero attached hydrogens (tertiary/aromatic N) is 4. The smallest absolute Gasteiger partial charge is 0.257 e. The summed E-state index contributed by atoms with van der Waals surface area (Å²) in [6.07, 6.45) is 3.51. The summed E-state index contributed by atoms with van der Waals surface area (Å²) in [4.78, 5) is 24.9. The van der Waals surface area contributed by atoms with Crippen LogP contribution in [0.3, 0.4) is 0 Å². The molecule has 0 bridgehead atoms. The lowest BCUT2D eigenvalue weighted by molar-refractivity contribution is -0.120. The van der Waals surface area contributed by atoms with Crippen molar-refractivity contribution in [3.63, 3.8) is 0 Å². The highest BCUT2D eigenvalue weighted by Crippen LogP contribution is 2.22. The van der Waals surface area contributed by atoms with Crippen LogP contribution in [0.5, 0.6) is 0 Å². The SMILES string of the molecule is Cc1ccccc1C(=O)Nc1nnc(CC(=O)N/N=C\c2cn(Cc3ccc(F)cc3)c3ccccc23)s1. The molecule has 2 amide bonds. The summed E-state index contributed by atoms with van der Waals surface area (Å²) in [5, 5.41) is 16.6. The summed E-state index contributed by atoms with van der Waals surface area (Å²) in [5.41, 5.74) is 6.73. The molecule has 0 aliphatic heterocycles. The van der Waals surface area contributed by atoms with E-state index in [0.717, 1.165) is 38.9 Å². The fourth-order valence-corrected chi connectivity index (χ4v) is 4.75. The average molecular weight is 527 g/mol. The van der Waals surface area contributed by atoms with Gasteiger partial charge in [0.25, 0.3) is 5.91 Å². The molecular formula is C28H23FN6O2S. The van der Waals surface area contributed by atoms with E-state index in [4.69, 9.17) is 0 Å². The Morgan fingerprint density at radius 3 is 2.61 bits per heavy atom. The minimum absolute atomic E-state index is 0.0262. The first-order valence-corrected chi connectivity index (χ1v) is 12.6. The number of aromatic nitrogens is 3. The second-order valence-electron chi connectivity index (χ2n) is 8.60. The molecular weight excluding hydrogens is 503 g/mol. The summed E-state index contributed by atoms with van der Waals surface area (Å²) < 4.78 is 15.3. The van der Waals surface area contributed by atoms with E-state index in [2.05, 4.69) is 30.6 Å². The van der Waals surface area contributed by atoms with Crippen molar-refractivity contribution >= 4 is 45.4 Å². The van der Waals surface area contributed by atoms with Crippen LogP contribution in [0.4, 0.5) is 9.52 Å². The van der Waals surface area contributed by atoms with Gasteiger partial charge < -0.3 is 4.57 Å². The van der Waals surface area contributed by atoms with Crippen LogP contribution in [0.25, 0.3) is 10.9 Å². The molecule has 0 atom stereocenters. The van der Waals surface area contributed by atoms with Gasteiger partial charge in [-0.3, -0.25) is 14.9 Å². The van der Waals surface area contributed by atoms with Crippen molar-refractivity contribution in [2.75, 3.05) is 5.32 Å². The van der Waals surface area contributed by atoms with Crippen molar-refractivity contribution < 1.29 is 14.0 Å². The highest BCUT2D eigenvalue weighted by Gasteiger charge is 2.14. The quantitative estimate of drug-likeness (QED) is 0.221. The predicted molar refractivity (Wildman–Crippen MR) is 146 cm³/mol. The van der Waals surface area contributed by atoms with Crippen molar-refractivity contribution in [1.82, 2.24) is 20.2 Å². The zero-order chi connectivity index (χ0) is 26.5. The van der Waals surface area contributed by atoms with Crippen molar-refractivity contribution in [2.24, 2.45) is 5.10 Å². The number of amides is 2. The fraction of sp³-hybridized carbons (Fsp3) is 0.107. The van der Waals surface area contributed by atoms with Gasteiger partial charge in [0.15, 0.2) is 0 Å². The lowest BCUT2D eigenvalue weighted by atomic mass is 10.1. The van der Waals surface area contributed by atoms with Gasteiger partial charge in [-0.05, 0) is 42.3 Å². The van der Waals surface area contributed by atoms with E-state index in [1.807, 2.05) is 49.5 Å². The summed E-state index contributed by atoms with van der Waals surface area (Å²) in [7, 11) is 0. The second kappa shape index (κ2) is 11.1. The van der Waals surface area contributed by atoms with Crippen LogP contribution in [0.15, 0.2) is 84.1 Å². The minimum Gasteiger partial charge on any atom is -0.342 e. The monoisotopic (exact) mass is 526 g/mol. The molecule has 2 N–H and O–H groups in total. The predicted octanol–water partition coefficient (Wildman–Crippen LogP) is 4.93. The van der Waals surface area contributed by atoms with Gasteiger partial charge in [-0.15, -0.1) is 10.2 Å². The maximum atomic E-state index is 13.3. The Morgan fingerprint density at radius 2 is 1.79 bits per heavy atom. The maximum Gasteiger partial charge on any atom is 0.257 e. The zero-order valence-electron chi connectivity index (χ0n) is 20.4. The Labute approximate surface area is 221 Å². The molecule has 0 saturated heterocycles. The van der Waals surface area contributed by atoms with Gasteiger partial charge in [0, 0.05) is 34.8 Å². The van der Waals surface area contributed by atoms with Gasteiger partial charge in [0.05, 0.1) is 12.6 Å². The van der Waals surface area contributed by atoms with E-state index in [1.54, 1.807) is 30.5 Å². The van der Waals surface area contributed by atoms with Crippen molar-refractivity contribution in [1.29, 1.82) is 0 Å². The number of hydrogen-bond acceptors (Lipinski definition) is 6. The molecule has 3 aromatic carbocycles. The Morgan fingerprint density at radius 1 is 1.03 bits per heavy atom. The number of halogens is 1. The van der Waals surface area contributed by atoms with Crippen molar-refractivity contribution in [3.05, 3.63) is 112 Å². The van der Waals surface area contributed by atoms with Crippen LogP contribution in [0, 0.1) is 12.7 Å². The van der Waals surface area contributed by atoms with E-state index >= 15 is 0 Å². The fourth-order valence-electron chi connectivity index (χ4n) is 4.01. The molecule has 5 rings (SSSR count). The number of para-hydroxylation sites is 1. The van der Waals surface area contributed by atoms with Crippen LogP contribution in [0.1, 0.15) is 32.1 Å². The Hall–Kier alpha value is -4.70. The molecule has 0 fully saturated rings. The third kappa shape index (κ3) is 5.81. The zero-order valence-corrected chi connectivity index (χ0v) is 21.2. The number of carbonyl (C=O) groups excluding carboxylic acids is 2. The summed E-state index contributed by atoms with van der Waals surface area (Å²) >= 11 is 1.13. The molecule has 38 heavy (non-hydrogen) atoms. The van der Waals surface area contributed by atoms with Crippen molar-refractivity contribution in [3.8, 4) is 0 Å². The van der Waals surface area contributed by atoms with E-state index < -0.39 is 0 Å². The van der Waals surface area contributed by atoms with Crippen LogP contribution in [-0.2, 0) is 17.8 Å². The lowest BCUT2D eigenvalue weighted by Gasteiger charge is -2.05. The number of benzene rings is 3. The first kappa shape index (κ1) is 25.0. The normalized spacial score (nSPS) is 11.2. The highest BCUT2D eigenvalue weighted by molar-refractivity contribution is 7.15. The van der Waals surface area contributed by atoms with E-state index in [0.29, 0.717) is 22.2 Å². The first-order valence-electron chi connectivity index (χ1n) is 11.8. The molecule has 190 valence electrons. The standard InChI is InChI=1S/C28H23FN6O2S/c1-18-6-2-3-7-22(18)27(37)31-28-34-33-26(38-28)14-25(36)32-30-15-20-17-35(24-9-5-4-8-23(20)24)16-19-10-12-21(29)13-11-19/h2-13,15,17H,14,16H2,1H3,(H,32,36)(H,31,34,37)/b30-15-. The number of aryl methyl sites for hydroxylation is 1. The van der Waals surface area contributed by atoms with Gasteiger partial charge in [0.1, 0.15) is 10.8 Å². The van der Waals surface area contributed by atoms with Crippen LogP contribution in [0.2, 0.25) is 0 Å². The van der Waals surface area contributed by atoms with Gasteiger partial charge in [-0.2, -0.15) is 5.10 Å². The Kier molecular flexibility index (Phi) is 7.32. The third-order valence-corrected chi connectivity index (χ3v) is 6.71.